The van der Waals surface area contributed by atoms with Crippen molar-refractivity contribution in [3.8, 4) is 0 Å². The number of amides is 2. The molecule has 1 atom stereocenters. The Balaban J connectivity index is 2.07. The van der Waals surface area contributed by atoms with Crippen LogP contribution < -0.4 is 9.62 Å². The summed E-state index contributed by atoms with van der Waals surface area (Å²) in [7, 11) is -4.03. The van der Waals surface area contributed by atoms with Crippen molar-refractivity contribution in [2.24, 2.45) is 5.92 Å². The number of nitrogens with one attached hydrogen (secondary N) is 1. The van der Waals surface area contributed by atoms with E-state index in [9.17, 15) is 28.1 Å². The van der Waals surface area contributed by atoms with Gasteiger partial charge in [0.1, 0.15) is 12.6 Å². The lowest BCUT2D eigenvalue weighted by atomic mass is 10.0. The van der Waals surface area contributed by atoms with Crippen molar-refractivity contribution >= 4 is 33.2 Å². The predicted molar refractivity (Wildman–Crippen MR) is 159 cm³/mol. The summed E-state index contributed by atoms with van der Waals surface area (Å²) in [4.78, 5) is 39.8. The van der Waals surface area contributed by atoms with E-state index in [1.807, 2.05) is 75.4 Å². The van der Waals surface area contributed by atoms with Crippen molar-refractivity contribution in [2.45, 2.75) is 39.8 Å². The second kappa shape index (κ2) is 13.9. The van der Waals surface area contributed by atoms with Gasteiger partial charge in [-0.1, -0.05) is 80.1 Å². The molecule has 3 aromatic carbocycles. The number of hydrogen-bond acceptors (Lipinski definition) is 6. The number of aryl methyl sites for hydroxylation is 1. The molecular formula is C30H36N4O6S. The highest BCUT2D eigenvalue weighted by atomic mass is 32.2. The predicted octanol–water partition coefficient (Wildman–Crippen LogP) is 4.08. The van der Waals surface area contributed by atoms with Gasteiger partial charge in [-0.2, -0.15) is 0 Å². The molecule has 0 fully saturated rings. The van der Waals surface area contributed by atoms with Gasteiger partial charge in [0, 0.05) is 31.6 Å². The van der Waals surface area contributed by atoms with Gasteiger partial charge in [0.25, 0.3) is 5.69 Å². The van der Waals surface area contributed by atoms with E-state index in [-0.39, 0.29) is 36.2 Å². The van der Waals surface area contributed by atoms with Gasteiger partial charge in [-0.15, -0.1) is 0 Å². The highest BCUT2D eigenvalue weighted by molar-refractivity contribution is 7.92. The zero-order valence-corrected chi connectivity index (χ0v) is 24.5. The first-order valence-corrected chi connectivity index (χ1v) is 15.1. The van der Waals surface area contributed by atoms with Crippen molar-refractivity contribution in [1.29, 1.82) is 0 Å². The van der Waals surface area contributed by atoms with Crippen LogP contribution in [0.4, 0.5) is 11.4 Å². The summed E-state index contributed by atoms with van der Waals surface area (Å²) in [5.41, 5.74) is 2.24. The smallest absolute Gasteiger partial charge is 0.271 e. The van der Waals surface area contributed by atoms with E-state index in [0.717, 1.165) is 33.3 Å². The minimum atomic E-state index is -4.03. The molecule has 3 aromatic rings. The van der Waals surface area contributed by atoms with E-state index < -0.39 is 33.4 Å². The molecule has 3 rings (SSSR count). The summed E-state index contributed by atoms with van der Waals surface area (Å²) in [5, 5.41) is 14.3. The topological polar surface area (TPSA) is 130 Å². The lowest BCUT2D eigenvalue weighted by Crippen LogP contribution is -2.53. The fourth-order valence-electron chi connectivity index (χ4n) is 4.36. The molecule has 10 nitrogen and oxygen atoms in total. The van der Waals surface area contributed by atoms with Crippen LogP contribution in [0.2, 0.25) is 0 Å². The molecule has 0 bridgehead atoms. The van der Waals surface area contributed by atoms with Crippen LogP contribution in [-0.4, -0.2) is 55.4 Å². The molecule has 1 unspecified atom stereocenters. The number of benzene rings is 3. The van der Waals surface area contributed by atoms with Crippen LogP contribution in [0.1, 0.15) is 30.5 Å². The van der Waals surface area contributed by atoms with Crippen molar-refractivity contribution in [3.63, 3.8) is 0 Å². The summed E-state index contributed by atoms with van der Waals surface area (Å²) in [6.07, 6.45) is 1.14. The Kier molecular flexibility index (Phi) is 10.6. The first-order valence-electron chi connectivity index (χ1n) is 13.2. The maximum absolute atomic E-state index is 14.1. The molecule has 0 radical (unpaired) electrons. The SMILES string of the molecule is Cc1cccc(CN(C(=O)CN(c2cccc([N+](=O)[O-])c2)S(C)(=O)=O)C(Cc2ccccc2)C(=O)NCC(C)C)c1. The normalized spacial score (nSPS) is 12.0. The number of nitro benzene ring substituents is 1. The minimum absolute atomic E-state index is 0.0191. The average Bonchev–Trinajstić information content (AvgIpc) is 2.92. The van der Waals surface area contributed by atoms with Crippen molar-refractivity contribution in [1.82, 2.24) is 10.2 Å². The molecule has 0 aliphatic carbocycles. The molecule has 0 saturated carbocycles. The van der Waals surface area contributed by atoms with Gasteiger partial charge >= 0.3 is 0 Å². The molecule has 218 valence electrons. The highest BCUT2D eigenvalue weighted by Crippen LogP contribution is 2.24. The van der Waals surface area contributed by atoms with Gasteiger partial charge in [0.2, 0.25) is 21.8 Å². The summed E-state index contributed by atoms with van der Waals surface area (Å²) >= 11 is 0. The zero-order valence-electron chi connectivity index (χ0n) is 23.7. The van der Waals surface area contributed by atoms with Crippen LogP contribution in [0, 0.1) is 23.0 Å². The van der Waals surface area contributed by atoms with Gasteiger partial charge in [0.05, 0.1) is 16.9 Å². The Labute approximate surface area is 241 Å². The van der Waals surface area contributed by atoms with Crippen LogP contribution in [0.15, 0.2) is 78.9 Å². The van der Waals surface area contributed by atoms with Gasteiger partial charge in [-0.05, 0) is 30.0 Å². The Bertz CT molecular complexity index is 1480. The second-order valence-corrected chi connectivity index (χ2v) is 12.3. The first-order chi connectivity index (χ1) is 19.3. The fourth-order valence-corrected chi connectivity index (χ4v) is 5.20. The zero-order chi connectivity index (χ0) is 30.2. The third-order valence-electron chi connectivity index (χ3n) is 6.40. The Hall–Kier alpha value is -4.25. The van der Waals surface area contributed by atoms with Gasteiger partial charge in [-0.3, -0.25) is 24.0 Å². The lowest BCUT2D eigenvalue weighted by Gasteiger charge is -2.33. The quantitative estimate of drug-likeness (QED) is 0.240. The van der Waals surface area contributed by atoms with Gasteiger partial charge < -0.3 is 10.2 Å². The summed E-state index contributed by atoms with van der Waals surface area (Å²) < 4.78 is 26.5. The summed E-state index contributed by atoms with van der Waals surface area (Å²) in [6, 6.07) is 20.9. The van der Waals surface area contributed by atoms with Crippen LogP contribution in [0.3, 0.4) is 0 Å². The molecule has 11 heteroatoms. The monoisotopic (exact) mass is 580 g/mol. The molecule has 0 heterocycles. The molecule has 1 N–H and O–H groups in total. The number of rotatable bonds is 13. The average molecular weight is 581 g/mol. The Morgan fingerprint density at radius 3 is 2.22 bits per heavy atom. The summed E-state index contributed by atoms with van der Waals surface area (Å²) in [6.45, 7) is 5.66. The van der Waals surface area contributed by atoms with Gasteiger partial charge in [-0.25, -0.2) is 8.42 Å². The van der Waals surface area contributed by atoms with Crippen LogP contribution >= 0.6 is 0 Å². The molecule has 0 aliphatic heterocycles. The molecule has 0 aromatic heterocycles. The largest absolute Gasteiger partial charge is 0.354 e. The van der Waals surface area contributed by atoms with E-state index >= 15 is 0 Å². The molecule has 0 saturated heterocycles. The number of sulfonamides is 1. The number of hydrogen-bond donors (Lipinski definition) is 1. The van der Waals surface area contributed by atoms with E-state index in [4.69, 9.17) is 0 Å². The molecule has 0 aliphatic rings. The van der Waals surface area contributed by atoms with Crippen LogP contribution in [0.5, 0.6) is 0 Å². The van der Waals surface area contributed by atoms with Crippen molar-refractivity contribution in [2.75, 3.05) is 23.7 Å². The second-order valence-electron chi connectivity index (χ2n) is 10.4. The fraction of sp³-hybridized carbons (Fsp3) is 0.333. The van der Waals surface area contributed by atoms with Gasteiger partial charge in [0.15, 0.2) is 0 Å². The first kappa shape index (κ1) is 31.3. The van der Waals surface area contributed by atoms with Crippen molar-refractivity contribution in [3.05, 3.63) is 106 Å². The number of carbonyl (C=O) groups is 2. The number of non-ortho nitro benzene ring substituents is 1. The van der Waals surface area contributed by atoms with E-state index in [2.05, 4.69) is 5.32 Å². The number of nitrogens with zero attached hydrogens (tertiary/aromatic N) is 3. The third kappa shape index (κ3) is 9.14. The maximum atomic E-state index is 14.1. The number of nitro groups is 1. The van der Waals surface area contributed by atoms with E-state index in [1.54, 1.807) is 0 Å². The third-order valence-corrected chi connectivity index (χ3v) is 7.54. The molecular weight excluding hydrogens is 544 g/mol. The van der Waals surface area contributed by atoms with Crippen LogP contribution in [0.25, 0.3) is 0 Å². The van der Waals surface area contributed by atoms with E-state index in [1.165, 1.54) is 23.1 Å². The number of carbonyl (C=O) groups excluding carboxylic acids is 2. The molecule has 2 amide bonds. The number of anilines is 1. The maximum Gasteiger partial charge on any atom is 0.271 e. The standard InChI is InChI=1S/C30H36N4O6S/c1-22(2)19-31-30(36)28(17-24-11-6-5-7-12-24)32(20-25-13-8-10-23(3)16-25)29(35)21-33(41(4,39)40)26-14-9-15-27(18-26)34(37)38/h5-16,18,22,28H,17,19-21H2,1-4H3,(H,31,36). The van der Waals surface area contributed by atoms with Crippen molar-refractivity contribution < 1.29 is 22.9 Å². The van der Waals surface area contributed by atoms with E-state index in [0.29, 0.717) is 6.54 Å². The molecule has 0 spiro atoms. The highest BCUT2D eigenvalue weighted by Gasteiger charge is 2.33. The molecule has 41 heavy (non-hydrogen) atoms. The van der Waals surface area contributed by atoms with Crippen LogP contribution in [-0.2, 0) is 32.6 Å². The Morgan fingerprint density at radius 1 is 0.951 bits per heavy atom. The lowest BCUT2D eigenvalue weighted by molar-refractivity contribution is -0.384. The minimum Gasteiger partial charge on any atom is -0.354 e. The summed E-state index contributed by atoms with van der Waals surface area (Å²) in [5.74, 6) is -0.805. The Morgan fingerprint density at radius 2 is 1.61 bits per heavy atom.